The van der Waals surface area contributed by atoms with Crippen molar-refractivity contribution in [1.82, 2.24) is 4.98 Å². The quantitative estimate of drug-likeness (QED) is 0.301. The lowest BCUT2D eigenvalue weighted by molar-refractivity contribution is -0.579. The lowest BCUT2D eigenvalue weighted by Crippen LogP contribution is -2.60. The second kappa shape index (κ2) is 9.81. The van der Waals surface area contributed by atoms with E-state index in [1.165, 1.54) is 14.2 Å². The molecular formula is C12H3F17N2O5S. The number of carbonyl (C=O) groups excluding carboxylic acids is 1. The van der Waals surface area contributed by atoms with Gasteiger partial charge in [0.05, 0.1) is 0 Å². The normalized spacial score (nSPS) is 15.2. The summed E-state index contributed by atoms with van der Waals surface area (Å²) in [4.78, 5) is 14.3. The van der Waals surface area contributed by atoms with Crippen LogP contribution in [0.2, 0.25) is 0 Å². The lowest BCUT2D eigenvalue weighted by Gasteiger charge is -2.35. The molecule has 0 aromatic carbocycles. The van der Waals surface area contributed by atoms with E-state index >= 15 is 0 Å². The molecule has 1 amide bonds. The van der Waals surface area contributed by atoms with Gasteiger partial charge in [0.15, 0.2) is 5.13 Å². The molecule has 0 aliphatic carbocycles. The highest BCUT2D eigenvalue weighted by Crippen LogP contribution is 2.51. The van der Waals surface area contributed by atoms with Crippen molar-refractivity contribution in [2.24, 2.45) is 0 Å². The van der Waals surface area contributed by atoms with E-state index in [-0.39, 0.29) is 0 Å². The van der Waals surface area contributed by atoms with Crippen molar-refractivity contribution >= 4 is 22.4 Å². The molecule has 7 nitrogen and oxygen atoms in total. The van der Waals surface area contributed by atoms with Crippen molar-refractivity contribution in [1.29, 1.82) is 0 Å². The fourth-order valence-electron chi connectivity index (χ4n) is 1.49. The zero-order valence-corrected chi connectivity index (χ0v) is 16.8. The monoisotopic (exact) mass is 610 g/mol. The summed E-state index contributed by atoms with van der Waals surface area (Å²) in [5, 5.41) is 1.20. The van der Waals surface area contributed by atoms with Gasteiger partial charge >= 0.3 is 55.0 Å². The lowest BCUT2D eigenvalue weighted by atomic mass is 10.4. The summed E-state index contributed by atoms with van der Waals surface area (Å²) >= 11 is 0.336. The van der Waals surface area contributed by atoms with E-state index < -0.39 is 60.2 Å². The Morgan fingerprint density at radius 3 is 1.30 bits per heavy atom. The highest BCUT2D eigenvalue weighted by molar-refractivity contribution is 7.13. The number of carbonyl (C=O) groups is 1. The molecule has 0 saturated heterocycles. The summed E-state index contributed by atoms with van der Waals surface area (Å²) in [6.07, 6.45) is -56.7. The Hall–Kier alpha value is -2.25. The van der Waals surface area contributed by atoms with E-state index in [2.05, 4.69) is 9.72 Å². The number of rotatable bonds is 12. The highest BCUT2D eigenvalue weighted by Gasteiger charge is 2.77. The molecule has 0 atom stereocenters. The van der Waals surface area contributed by atoms with E-state index in [0.29, 0.717) is 11.3 Å². The number of nitrogens with zero attached hydrogens (tertiary/aromatic N) is 1. The predicted molar refractivity (Wildman–Crippen MR) is 75.8 cm³/mol. The van der Waals surface area contributed by atoms with Crippen LogP contribution in [0.1, 0.15) is 0 Å². The van der Waals surface area contributed by atoms with Crippen molar-refractivity contribution in [2.45, 2.75) is 49.1 Å². The van der Waals surface area contributed by atoms with Crippen molar-refractivity contribution in [3.8, 4) is 0 Å². The second-order valence-corrected chi connectivity index (χ2v) is 6.66. The molecule has 0 aliphatic heterocycles. The van der Waals surface area contributed by atoms with Crippen LogP contribution in [0.4, 0.5) is 79.8 Å². The maximum absolute atomic E-state index is 13.4. The predicted octanol–water partition coefficient (Wildman–Crippen LogP) is 5.82. The molecule has 0 fully saturated rings. The zero-order chi connectivity index (χ0) is 29.5. The van der Waals surface area contributed by atoms with E-state index in [4.69, 9.17) is 0 Å². The number of aromatic nitrogens is 1. The van der Waals surface area contributed by atoms with Crippen LogP contribution in [-0.2, 0) is 23.7 Å². The van der Waals surface area contributed by atoms with Gasteiger partial charge in [0, 0.05) is 11.6 Å². The van der Waals surface area contributed by atoms with E-state index in [1.54, 1.807) is 0 Å². The Balaban J connectivity index is 3.11. The minimum atomic E-state index is -7.64. The Bertz CT molecular complexity index is 936. The Kier molecular flexibility index (Phi) is 8.69. The van der Waals surface area contributed by atoms with Gasteiger partial charge in [-0.3, -0.25) is 10.1 Å². The molecule has 25 heteroatoms. The van der Waals surface area contributed by atoms with Crippen LogP contribution >= 0.6 is 11.3 Å². The maximum Gasteiger partial charge on any atom is 0.527 e. The SMILES string of the molecule is O=C(Nc1nccs1)C(F)(F)OC(F)(F)C(F)(F)OC(F)(F)C(F)(F)OC(F)(F)C(F)(F)OC(F)(F)F. The first-order chi connectivity index (χ1) is 16.1. The summed E-state index contributed by atoms with van der Waals surface area (Å²) in [6, 6.07) is 0. The van der Waals surface area contributed by atoms with Crippen LogP contribution in [0.5, 0.6) is 0 Å². The molecule has 1 aromatic rings. The fraction of sp³-hybridized carbons (Fsp3) is 0.667. The average Bonchev–Trinajstić information content (AvgIpc) is 3.09. The molecule has 37 heavy (non-hydrogen) atoms. The summed E-state index contributed by atoms with van der Waals surface area (Å²) in [7, 11) is 0. The van der Waals surface area contributed by atoms with Crippen molar-refractivity contribution in [2.75, 3.05) is 5.32 Å². The van der Waals surface area contributed by atoms with Crippen molar-refractivity contribution in [3.63, 3.8) is 0 Å². The maximum atomic E-state index is 13.4. The average molecular weight is 610 g/mol. The van der Waals surface area contributed by atoms with Gasteiger partial charge in [-0.25, -0.2) is 23.9 Å². The van der Waals surface area contributed by atoms with Gasteiger partial charge in [-0.2, -0.15) is 61.5 Å². The van der Waals surface area contributed by atoms with Gasteiger partial charge in [-0.1, -0.05) is 0 Å². The van der Waals surface area contributed by atoms with Crippen LogP contribution in [0.25, 0.3) is 0 Å². The fourth-order valence-corrected chi connectivity index (χ4v) is 2.01. The number of hydrogen-bond donors (Lipinski definition) is 1. The third-order valence-electron chi connectivity index (χ3n) is 2.95. The Labute approximate surface area is 193 Å². The van der Waals surface area contributed by atoms with Gasteiger partial charge in [-0.15, -0.1) is 24.5 Å². The van der Waals surface area contributed by atoms with Crippen LogP contribution < -0.4 is 5.32 Å². The molecule has 0 bridgehead atoms. The van der Waals surface area contributed by atoms with Crippen LogP contribution in [-0.4, -0.2) is 60.0 Å². The number of thiazole rings is 1. The first-order valence-electron chi connectivity index (χ1n) is 7.80. The number of halogens is 17. The summed E-state index contributed by atoms with van der Waals surface area (Å²) in [6.45, 7) is 0. The third kappa shape index (κ3) is 7.87. The van der Waals surface area contributed by atoms with E-state index in [9.17, 15) is 79.4 Å². The van der Waals surface area contributed by atoms with Gasteiger partial charge in [0.2, 0.25) is 0 Å². The molecule has 1 N–H and O–H groups in total. The van der Waals surface area contributed by atoms with Crippen molar-refractivity contribution < 1.29 is 98.4 Å². The molecule has 0 spiro atoms. The molecule has 0 unspecified atom stereocenters. The summed E-state index contributed by atoms with van der Waals surface area (Å²) in [5.41, 5.74) is 0. The number of alkyl halides is 17. The molecule has 1 aromatic heterocycles. The molecule has 0 radical (unpaired) electrons. The Morgan fingerprint density at radius 2 is 0.973 bits per heavy atom. The van der Waals surface area contributed by atoms with Gasteiger partial charge in [-0.05, 0) is 0 Å². The van der Waals surface area contributed by atoms with Gasteiger partial charge < -0.3 is 0 Å². The number of amides is 1. The first kappa shape index (κ1) is 32.8. The largest absolute Gasteiger partial charge is 0.527 e. The van der Waals surface area contributed by atoms with Crippen LogP contribution in [0.3, 0.4) is 0 Å². The second-order valence-electron chi connectivity index (χ2n) is 5.76. The summed E-state index contributed by atoms with van der Waals surface area (Å²) in [5.74, 6) is -3.02. The van der Waals surface area contributed by atoms with Gasteiger partial charge in [0.1, 0.15) is 0 Å². The molecule has 0 aliphatic rings. The topological polar surface area (TPSA) is 78.9 Å². The first-order valence-corrected chi connectivity index (χ1v) is 8.68. The highest BCUT2D eigenvalue weighted by atomic mass is 32.1. The number of hydrogen-bond acceptors (Lipinski definition) is 7. The van der Waals surface area contributed by atoms with Crippen LogP contribution in [0.15, 0.2) is 11.6 Å². The molecule has 0 saturated carbocycles. The number of ether oxygens (including phenoxy) is 4. The smallest absolute Gasteiger partial charge is 0.294 e. The molecule has 216 valence electrons. The minimum Gasteiger partial charge on any atom is -0.294 e. The van der Waals surface area contributed by atoms with Gasteiger partial charge in [0.25, 0.3) is 0 Å². The molecule has 1 heterocycles. The van der Waals surface area contributed by atoms with Crippen molar-refractivity contribution in [3.05, 3.63) is 11.6 Å². The number of anilines is 1. The van der Waals surface area contributed by atoms with E-state index in [1.807, 2.05) is 0 Å². The molecular weight excluding hydrogens is 607 g/mol. The molecule has 1 rings (SSSR count). The third-order valence-corrected chi connectivity index (χ3v) is 3.64. The minimum absolute atomic E-state index is 0.336. The number of nitrogens with one attached hydrogen (secondary N) is 1. The Morgan fingerprint density at radius 1 is 0.622 bits per heavy atom. The summed E-state index contributed by atoms with van der Waals surface area (Å²) < 4.78 is 226. The zero-order valence-electron chi connectivity index (χ0n) is 16.0. The van der Waals surface area contributed by atoms with Crippen LogP contribution in [0, 0.1) is 0 Å². The standard InChI is InChI=1S/C12H3F17N2O5S/c13-5(14,3(32)31-4-30-1-2-37-4)33-6(15,16)7(17,18)34-8(19,20)9(21,22)35-10(23,24)11(25,26)36-12(27,28)29/h1-2H,(H,30,31,32). The van der Waals surface area contributed by atoms with E-state index in [0.717, 1.165) is 16.9 Å².